The maximum Gasteiger partial charge on any atom is 0.150 e. The quantitative estimate of drug-likeness (QED) is 0.591. The van der Waals surface area contributed by atoms with Crippen molar-refractivity contribution in [1.29, 1.82) is 0 Å². The lowest BCUT2D eigenvalue weighted by Gasteiger charge is -2.22. The van der Waals surface area contributed by atoms with Crippen LogP contribution in [0.15, 0.2) is 55.0 Å². The normalized spacial score (nSPS) is 17.2. The van der Waals surface area contributed by atoms with Gasteiger partial charge >= 0.3 is 0 Å². The zero-order chi connectivity index (χ0) is 20.2. The Morgan fingerprint density at radius 1 is 1.14 bits per heavy atom. The molecular formula is C21H24FN7. The largest absolute Gasteiger partial charge is 0.370 e. The van der Waals surface area contributed by atoms with Crippen LogP contribution in [0.25, 0.3) is 0 Å². The van der Waals surface area contributed by atoms with E-state index in [1.165, 1.54) is 12.1 Å². The molecule has 2 aromatic heterocycles. The van der Waals surface area contributed by atoms with E-state index in [4.69, 9.17) is 5.73 Å². The lowest BCUT2D eigenvalue weighted by molar-refractivity contribution is 0.626. The minimum Gasteiger partial charge on any atom is -0.370 e. The summed E-state index contributed by atoms with van der Waals surface area (Å²) in [7, 11) is 0. The van der Waals surface area contributed by atoms with E-state index in [1.54, 1.807) is 30.7 Å². The summed E-state index contributed by atoms with van der Waals surface area (Å²) in [6, 6.07) is 10.6. The number of rotatable bonds is 6. The molecule has 1 aliphatic heterocycles. The van der Waals surface area contributed by atoms with Crippen molar-refractivity contribution in [2.45, 2.75) is 25.4 Å². The van der Waals surface area contributed by atoms with Gasteiger partial charge in [0.25, 0.3) is 0 Å². The van der Waals surface area contributed by atoms with Gasteiger partial charge in [-0.05, 0) is 31.0 Å². The number of pyridine rings is 1. The molecule has 2 atom stereocenters. The predicted molar refractivity (Wildman–Crippen MR) is 113 cm³/mol. The topological polar surface area (TPSA) is 92.0 Å². The van der Waals surface area contributed by atoms with E-state index in [9.17, 15) is 4.39 Å². The van der Waals surface area contributed by atoms with Crippen LogP contribution in [0.4, 0.5) is 27.5 Å². The van der Waals surface area contributed by atoms with Crippen LogP contribution >= 0.6 is 0 Å². The first-order valence-corrected chi connectivity index (χ1v) is 9.64. The van der Waals surface area contributed by atoms with E-state index in [0.717, 1.165) is 30.8 Å². The molecule has 0 amide bonds. The zero-order valence-corrected chi connectivity index (χ0v) is 16.2. The molecule has 0 radical (unpaired) electrons. The van der Waals surface area contributed by atoms with Gasteiger partial charge in [0.05, 0.1) is 6.20 Å². The van der Waals surface area contributed by atoms with Crippen LogP contribution in [0.3, 0.4) is 0 Å². The Balaban J connectivity index is 1.60. The standard InChI is InChI=1S/C21H24FN7/c1-14(15-2-4-16(22)5-3-15)26-19-10-18(29-9-6-17(23)13-29)11-20(27-19)28-21-12-24-7-8-25-21/h2-5,7-8,10-12,14,17H,6,9,13,23H2,1H3,(H2,25,26,27,28)/t14-,17?/m0/s1. The average molecular weight is 393 g/mol. The molecule has 3 heterocycles. The highest BCUT2D eigenvalue weighted by atomic mass is 19.1. The van der Waals surface area contributed by atoms with Crippen LogP contribution in [0.2, 0.25) is 0 Å². The van der Waals surface area contributed by atoms with Crippen molar-refractivity contribution >= 4 is 23.1 Å². The summed E-state index contributed by atoms with van der Waals surface area (Å²) in [6.07, 6.45) is 5.86. The molecule has 1 fully saturated rings. The summed E-state index contributed by atoms with van der Waals surface area (Å²) in [4.78, 5) is 15.3. The average Bonchev–Trinajstić information content (AvgIpc) is 3.15. The number of halogens is 1. The SMILES string of the molecule is C[C@H](Nc1cc(N2CCC(N)C2)cc(Nc2cnccn2)n1)c1ccc(F)cc1. The van der Waals surface area contributed by atoms with Gasteiger partial charge < -0.3 is 21.3 Å². The Bertz CT molecular complexity index is 949. The monoisotopic (exact) mass is 393 g/mol. The van der Waals surface area contributed by atoms with Crippen LogP contribution in [-0.4, -0.2) is 34.1 Å². The molecule has 0 spiro atoms. The second-order valence-corrected chi connectivity index (χ2v) is 7.22. The Morgan fingerprint density at radius 3 is 2.62 bits per heavy atom. The summed E-state index contributed by atoms with van der Waals surface area (Å²) in [5.41, 5.74) is 8.11. The van der Waals surface area contributed by atoms with Crippen LogP contribution in [0.5, 0.6) is 0 Å². The van der Waals surface area contributed by atoms with Crippen molar-refractivity contribution in [3.63, 3.8) is 0 Å². The molecular weight excluding hydrogens is 369 g/mol. The number of hydrogen-bond donors (Lipinski definition) is 3. The number of nitrogens with zero attached hydrogens (tertiary/aromatic N) is 4. The third-order valence-corrected chi connectivity index (χ3v) is 4.95. The highest BCUT2D eigenvalue weighted by molar-refractivity contribution is 5.65. The molecule has 1 aliphatic rings. The van der Waals surface area contributed by atoms with Crippen molar-refractivity contribution in [2.75, 3.05) is 28.6 Å². The maximum absolute atomic E-state index is 13.2. The van der Waals surface area contributed by atoms with Crippen LogP contribution in [0, 0.1) is 5.82 Å². The summed E-state index contributed by atoms with van der Waals surface area (Å²) in [5, 5.41) is 6.62. The summed E-state index contributed by atoms with van der Waals surface area (Å²) in [6.45, 7) is 3.73. The fraction of sp³-hybridized carbons (Fsp3) is 0.286. The first-order chi connectivity index (χ1) is 14.1. The zero-order valence-electron chi connectivity index (χ0n) is 16.2. The Morgan fingerprint density at radius 2 is 1.93 bits per heavy atom. The molecule has 4 N–H and O–H groups in total. The number of anilines is 4. The Labute approximate surface area is 169 Å². The fourth-order valence-corrected chi connectivity index (χ4v) is 3.41. The summed E-state index contributed by atoms with van der Waals surface area (Å²) >= 11 is 0. The van der Waals surface area contributed by atoms with E-state index < -0.39 is 0 Å². The lowest BCUT2D eigenvalue weighted by Crippen LogP contribution is -2.26. The molecule has 150 valence electrons. The number of nitrogens with one attached hydrogen (secondary N) is 2. The predicted octanol–water partition coefficient (Wildman–Crippen LogP) is 3.46. The fourth-order valence-electron chi connectivity index (χ4n) is 3.41. The first kappa shape index (κ1) is 19.1. The highest BCUT2D eigenvalue weighted by Crippen LogP contribution is 2.28. The number of aromatic nitrogens is 3. The minimum absolute atomic E-state index is 0.0384. The molecule has 29 heavy (non-hydrogen) atoms. The van der Waals surface area contributed by atoms with Crippen molar-refractivity contribution in [3.8, 4) is 0 Å². The molecule has 0 saturated carbocycles. The third kappa shape index (κ3) is 4.78. The van der Waals surface area contributed by atoms with E-state index in [2.05, 4.69) is 30.5 Å². The molecule has 7 nitrogen and oxygen atoms in total. The molecule has 0 aliphatic carbocycles. The van der Waals surface area contributed by atoms with Gasteiger partial charge in [0, 0.05) is 55.4 Å². The van der Waals surface area contributed by atoms with E-state index in [-0.39, 0.29) is 17.9 Å². The molecule has 1 aromatic carbocycles. The van der Waals surface area contributed by atoms with Gasteiger partial charge in [-0.3, -0.25) is 4.98 Å². The number of nitrogens with two attached hydrogens (primary N) is 1. The van der Waals surface area contributed by atoms with E-state index in [0.29, 0.717) is 17.5 Å². The molecule has 4 rings (SSSR count). The summed E-state index contributed by atoms with van der Waals surface area (Å²) in [5.74, 6) is 1.75. The summed E-state index contributed by atoms with van der Waals surface area (Å²) < 4.78 is 13.2. The van der Waals surface area contributed by atoms with Gasteiger partial charge in [0.1, 0.15) is 23.3 Å². The number of benzene rings is 1. The maximum atomic E-state index is 13.2. The molecule has 8 heteroatoms. The van der Waals surface area contributed by atoms with Gasteiger partial charge in [0.15, 0.2) is 0 Å². The molecule has 3 aromatic rings. The number of hydrogen-bond acceptors (Lipinski definition) is 7. The van der Waals surface area contributed by atoms with Crippen molar-refractivity contribution < 1.29 is 4.39 Å². The van der Waals surface area contributed by atoms with Crippen molar-refractivity contribution in [2.24, 2.45) is 5.73 Å². The Kier molecular flexibility index (Phi) is 5.53. The van der Waals surface area contributed by atoms with E-state index in [1.807, 2.05) is 19.1 Å². The lowest BCUT2D eigenvalue weighted by atomic mass is 10.1. The highest BCUT2D eigenvalue weighted by Gasteiger charge is 2.21. The molecule has 1 saturated heterocycles. The Hall–Kier alpha value is -3.26. The van der Waals surface area contributed by atoms with Gasteiger partial charge in [-0.1, -0.05) is 12.1 Å². The van der Waals surface area contributed by atoms with Crippen LogP contribution in [0.1, 0.15) is 24.9 Å². The van der Waals surface area contributed by atoms with Gasteiger partial charge in [-0.25, -0.2) is 14.4 Å². The first-order valence-electron chi connectivity index (χ1n) is 9.64. The van der Waals surface area contributed by atoms with Crippen molar-refractivity contribution in [3.05, 3.63) is 66.4 Å². The van der Waals surface area contributed by atoms with E-state index >= 15 is 0 Å². The van der Waals surface area contributed by atoms with Crippen LogP contribution < -0.4 is 21.3 Å². The molecule has 1 unspecified atom stereocenters. The van der Waals surface area contributed by atoms with Gasteiger partial charge in [0.2, 0.25) is 0 Å². The van der Waals surface area contributed by atoms with Gasteiger partial charge in [-0.15, -0.1) is 0 Å². The smallest absolute Gasteiger partial charge is 0.150 e. The second-order valence-electron chi connectivity index (χ2n) is 7.22. The van der Waals surface area contributed by atoms with Gasteiger partial charge in [-0.2, -0.15) is 0 Å². The van der Waals surface area contributed by atoms with Crippen molar-refractivity contribution in [1.82, 2.24) is 15.0 Å². The van der Waals surface area contributed by atoms with Crippen LogP contribution in [-0.2, 0) is 0 Å². The second kappa shape index (κ2) is 8.40. The minimum atomic E-state index is -0.248. The molecule has 0 bridgehead atoms. The third-order valence-electron chi connectivity index (χ3n) is 4.95.